The van der Waals surface area contributed by atoms with Gasteiger partial charge in [-0.15, -0.1) is 0 Å². The fourth-order valence-corrected chi connectivity index (χ4v) is 4.75. The summed E-state index contributed by atoms with van der Waals surface area (Å²) in [6.45, 7) is 3.68. The van der Waals surface area contributed by atoms with E-state index in [4.69, 9.17) is 4.74 Å². The fourth-order valence-electron chi connectivity index (χ4n) is 3.39. The number of hydrogen-bond acceptors (Lipinski definition) is 5. The Kier molecular flexibility index (Phi) is 6.62. The van der Waals surface area contributed by atoms with Crippen molar-refractivity contribution in [3.63, 3.8) is 0 Å². The molecule has 0 aliphatic carbocycles. The number of anilines is 1. The molecule has 0 spiro atoms. The van der Waals surface area contributed by atoms with E-state index >= 15 is 0 Å². The van der Waals surface area contributed by atoms with Gasteiger partial charge in [-0.1, -0.05) is 6.07 Å². The second-order valence-corrected chi connectivity index (χ2v) is 9.27. The van der Waals surface area contributed by atoms with Gasteiger partial charge in [0.25, 0.3) is 0 Å². The first-order valence-electron chi connectivity index (χ1n) is 9.61. The standard InChI is InChI=1S/C21H26FN3O4S/c1-16-4-9-19(29-3)20(14-16)30(27,28)23(2)15-21(26)25-12-10-24(11-13-25)18-7-5-17(22)6-8-18/h4-9,14H,10-13,15H2,1-3H3. The van der Waals surface area contributed by atoms with Crippen molar-refractivity contribution in [2.45, 2.75) is 11.8 Å². The van der Waals surface area contributed by atoms with E-state index in [1.54, 1.807) is 36.1 Å². The van der Waals surface area contributed by atoms with Gasteiger partial charge < -0.3 is 14.5 Å². The van der Waals surface area contributed by atoms with Crippen LogP contribution in [-0.4, -0.2) is 70.4 Å². The number of halogens is 1. The summed E-state index contributed by atoms with van der Waals surface area (Å²) >= 11 is 0. The third-order valence-corrected chi connectivity index (χ3v) is 7.01. The van der Waals surface area contributed by atoms with Crippen LogP contribution < -0.4 is 9.64 Å². The van der Waals surface area contributed by atoms with Crippen LogP contribution in [-0.2, 0) is 14.8 Å². The van der Waals surface area contributed by atoms with E-state index in [1.165, 1.54) is 32.4 Å². The summed E-state index contributed by atoms with van der Waals surface area (Å²) in [7, 11) is -1.08. The SMILES string of the molecule is COc1ccc(C)cc1S(=O)(=O)N(C)CC(=O)N1CCN(c2ccc(F)cc2)CC1. The van der Waals surface area contributed by atoms with Crippen molar-refractivity contribution in [3.8, 4) is 5.75 Å². The van der Waals surface area contributed by atoms with E-state index in [-0.39, 0.29) is 28.9 Å². The Morgan fingerprint density at radius 2 is 1.73 bits per heavy atom. The number of rotatable bonds is 6. The first-order valence-corrected chi connectivity index (χ1v) is 11.1. The third-order valence-electron chi connectivity index (χ3n) is 5.19. The van der Waals surface area contributed by atoms with Crippen LogP contribution in [0.2, 0.25) is 0 Å². The Bertz CT molecular complexity index is 1000. The molecule has 162 valence electrons. The van der Waals surface area contributed by atoms with Gasteiger partial charge in [-0.25, -0.2) is 12.8 Å². The summed E-state index contributed by atoms with van der Waals surface area (Å²) in [6, 6.07) is 11.1. The second kappa shape index (κ2) is 9.01. The molecule has 0 unspecified atom stereocenters. The van der Waals surface area contributed by atoms with E-state index in [0.717, 1.165) is 15.6 Å². The molecule has 1 saturated heterocycles. The number of piperazine rings is 1. The van der Waals surface area contributed by atoms with Crippen LogP contribution >= 0.6 is 0 Å². The lowest BCUT2D eigenvalue weighted by molar-refractivity contribution is -0.131. The Morgan fingerprint density at radius 1 is 1.10 bits per heavy atom. The average molecular weight is 436 g/mol. The number of sulfonamides is 1. The van der Waals surface area contributed by atoms with Crippen molar-refractivity contribution in [1.29, 1.82) is 0 Å². The molecule has 1 heterocycles. The number of methoxy groups -OCH3 is 1. The minimum Gasteiger partial charge on any atom is -0.495 e. The third kappa shape index (κ3) is 4.73. The van der Waals surface area contributed by atoms with E-state index in [0.29, 0.717) is 26.2 Å². The molecule has 0 atom stereocenters. The largest absolute Gasteiger partial charge is 0.495 e. The topological polar surface area (TPSA) is 70.2 Å². The van der Waals surface area contributed by atoms with Gasteiger partial charge in [-0.3, -0.25) is 4.79 Å². The van der Waals surface area contributed by atoms with Crippen LogP contribution in [0.4, 0.5) is 10.1 Å². The van der Waals surface area contributed by atoms with E-state index in [1.807, 2.05) is 0 Å². The predicted molar refractivity (Wildman–Crippen MR) is 113 cm³/mol. The summed E-state index contributed by atoms with van der Waals surface area (Å²) in [5.41, 5.74) is 1.68. The fraction of sp³-hybridized carbons (Fsp3) is 0.381. The van der Waals surface area contributed by atoms with Crippen molar-refractivity contribution in [2.75, 3.05) is 51.8 Å². The zero-order valence-corrected chi connectivity index (χ0v) is 18.2. The van der Waals surface area contributed by atoms with Gasteiger partial charge in [-0.2, -0.15) is 4.31 Å². The molecule has 0 aromatic heterocycles. The minimum absolute atomic E-state index is 0.0430. The molecular formula is C21H26FN3O4S. The van der Waals surface area contributed by atoms with Gasteiger partial charge in [0, 0.05) is 38.9 Å². The van der Waals surface area contributed by atoms with Gasteiger partial charge >= 0.3 is 0 Å². The first kappa shape index (κ1) is 22.0. The zero-order valence-electron chi connectivity index (χ0n) is 17.3. The van der Waals surface area contributed by atoms with Crippen LogP contribution in [0.5, 0.6) is 5.75 Å². The molecule has 2 aromatic carbocycles. The molecule has 1 amide bonds. The number of aryl methyl sites for hydroxylation is 1. The van der Waals surface area contributed by atoms with Gasteiger partial charge in [0.15, 0.2) is 0 Å². The molecule has 0 bridgehead atoms. The number of ether oxygens (including phenoxy) is 1. The number of amides is 1. The van der Waals surface area contributed by atoms with Crippen molar-refractivity contribution < 1.29 is 22.3 Å². The first-order chi connectivity index (χ1) is 14.2. The molecule has 1 aliphatic heterocycles. The number of hydrogen-bond donors (Lipinski definition) is 0. The maximum Gasteiger partial charge on any atom is 0.246 e. The van der Waals surface area contributed by atoms with Crippen molar-refractivity contribution in [2.24, 2.45) is 0 Å². The van der Waals surface area contributed by atoms with E-state index < -0.39 is 10.0 Å². The van der Waals surface area contributed by atoms with Crippen LogP contribution in [0.25, 0.3) is 0 Å². The lowest BCUT2D eigenvalue weighted by Crippen LogP contribution is -2.51. The number of carbonyl (C=O) groups is 1. The van der Waals surface area contributed by atoms with Gasteiger partial charge in [0.2, 0.25) is 15.9 Å². The Hall–Kier alpha value is -2.65. The molecule has 3 rings (SSSR count). The van der Waals surface area contributed by atoms with Gasteiger partial charge in [0.05, 0.1) is 13.7 Å². The van der Waals surface area contributed by atoms with Crippen LogP contribution in [0.15, 0.2) is 47.4 Å². The maximum absolute atomic E-state index is 13.1. The Labute approximate surface area is 176 Å². The van der Waals surface area contributed by atoms with E-state index in [9.17, 15) is 17.6 Å². The summed E-state index contributed by atoms with van der Waals surface area (Å²) in [5, 5.41) is 0. The highest BCUT2D eigenvalue weighted by Crippen LogP contribution is 2.27. The quantitative estimate of drug-likeness (QED) is 0.695. The zero-order chi connectivity index (χ0) is 21.9. The van der Waals surface area contributed by atoms with Crippen LogP contribution in [0.3, 0.4) is 0 Å². The van der Waals surface area contributed by atoms with Crippen LogP contribution in [0.1, 0.15) is 5.56 Å². The number of nitrogens with zero attached hydrogens (tertiary/aromatic N) is 3. The summed E-state index contributed by atoms with van der Waals surface area (Å²) < 4.78 is 45.3. The highest BCUT2D eigenvalue weighted by atomic mass is 32.2. The van der Waals surface area contributed by atoms with Crippen LogP contribution in [0, 0.1) is 12.7 Å². The highest BCUT2D eigenvalue weighted by Gasteiger charge is 2.29. The number of carbonyl (C=O) groups excluding carboxylic acids is 1. The molecule has 7 nitrogen and oxygen atoms in total. The molecule has 30 heavy (non-hydrogen) atoms. The predicted octanol–water partition coefficient (Wildman–Crippen LogP) is 2.11. The normalized spacial score (nSPS) is 14.8. The lowest BCUT2D eigenvalue weighted by atomic mass is 10.2. The number of benzene rings is 2. The van der Waals surface area contributed by atoms with E-state index in [2.05, 4.69) is 4.90 Å². The summed E-state index contributed by atoms with van der Waals surface area (Å²) in [4.78, 5) is 16.5. The maximum atomic E-state index is 13.1. The summed E-state index contributed by atoms with van der Waals surface area (Å²) in [5.74, 6) is -0.304. The molecule has 0 saturated carbocycles. The van der Waals surface area contributed by atoms with Crippen molar-refractivity contribution in [1.82, 2.24) is 9.21 Å². The molecular weight excluding hydrogens is 409 g/mol. The molecule has 0 N–H and O–H groups in total. The molecule has 9 heteroatoms. The highest BCUT2D eigenvalue weighted by molar-refractivity contribution is 7.89. The molecule has 2 aromatic rings. The second-order valence-electron chi connectivity index (χ2n) is 7.26. The lowest BCUT2D eigenvalue weighted by Gasteiger charge is -2.36. The monoisotopic (exact) mass is 435 g/mol. The molecule has 1 aliphatic rings. The minimum atomic E-state index is -3.88. The molecule has 1 fully saturated rings. The Balaban J connectivity index is 1.63. The Morgan fingerprint density at radius 3 is 2.33 bits per heavy atom. The smallest absolute Gasteiger partial charge is 0.246 e. The van der Waals surface area contributed by atoms with Crippen molar-refractivity contribution >= 4 is 21.6 Å². The summed E-state index contributed by atoms with van der Waals surface area (Å²) in [6.07, 6.45) is 0. The molecule has 0 radical (unpaired) electrons. The van der Waals surface area contributed by atoms with Crippen molar-refractivity contribution in [3.05, 3.63) is 53.8 Å². The number of likely N-dealkylation sites (N-methyl/N-ethyl adjacent to an activating group) is 1. The average Bonchev–Trinajstić information content (AvgIpc) is 2.74. The van der Waals surface area contributed by atoms with Gasteiger partial charge in [-0.05, 0) is 48.9 Å². The van der Waals surface area contributed by atoms with Gasteiger partial charge in [0.1, 0.15) is 16.5 Å².